The van der Waals surface area contributed by atoms with Gasteiger partial charge in [0.1, 0.15) is 0 Å². The number of aliphatic carboxylic acids is 1. The number of carbonyl (C=O) groups excluding carboxylic acids is 1. The summed E-state index contributed by atoms with van der Waals surface area (Å²) in [6, 6.07) is 7.19. The number of carboxylic acids is 1. The number of rotatable bonds is 5. The molecule has 0 saturated heterocycles. The van der Waals surface area contributed by atoms with E-state index in [4.69, 9.17) is 5.11 Å². The molecule has 0 saturated carbocycles. The molecule has 1 amide bonds. The second-order valence-corrected chi connectivity index (χ2v) is 5.48. The molecule has 0 aromatic heterocycles. The van der Waals surface area contributed by atoms with Crippen LogP contribution in [0.4, 0.5) is 0 Å². The van der Waals surface area contributed by atoms with Crippen LogP contribution in [0.1, 0.15) is 24.2 Å². The van der Waals surface area contributed by atoms with Gasteiger partial charge in [-0.05, 0) is 44.4 Å². The topological polar surface area (TPSA) is 66.4 Å². The molecule has 0 aliphatic heterocycles. The van der Waals surface area contributed by atoms with E-state index in [0.29, 0.717) is 5.56 Å². The molecule has 4 nitrogen and oxygen atoms in total. The minimum atomic E-state index is -0.963. The van der Waals surface area contributed by atoms with E-state index in [2.05, 4.69) is 5.32 Å². The van der Waals surface area contributed by atoms with E-state index >= 15 is 0 Å². The van der Waals surface area contributed by atoms with Gasteiger partial charge in [-0.3, -0.25) is 9.59 Å². The van der Waals surface area contributed by atoms with Crippen molar-refractivity contribution in [3.05, 3.63) is 29.8 Å². The smallest absolute Gasteiger partial charge is 0.310 e. The molecule has 2 N–H and O–H groups in total. The molecule has 18 heavy (non-hydrogen) atoms. The number of carboxylic acid groups (broad SMARTS) is 1. The largest absolute Gasteiger partial charge is 0.481 e. The van der Waals surface area contributed by atoms with Gasteiger partial charge in [-0.2, -0.15) is 0 Å². The van der Waals surface area contributed by atoms with Crippen molar-refractivity contribution in [2.75, 3.05) is 12.8 Å². The molecule has 0 heterocycles. The van der Waals surface area contributed by atoms with E-state index in [1.807, 2.05) is 18.4 Å². The maximum atomic E-state index is 11.8. The number of nitrogens with one attached hydrogen (secondary N) is 1. The van der Waals surface area contributed by atoms with Crippen LogP contribution in [0, 0.1) is 5.41 Å². The van der Waals surface area contributed by atoms with Gasteiger partial charge in [0.15, 0.2) is 0 Å². The van der Waals surface area contributed by atoms with Crippen molar-refractivity contribution in [1.82, 2.24) is 5.32 Å². The molecule has 0 unspecified atom stereocenters. The van der Waals surface area contributed by atoms with Gasteiger partial charge < -0.3 is 10.4 Å². The van der Waals surface area contributed by atoms with Crippen molar-refractivity contribution in [2.45, 2.75) is 18.7 Å². The quantitative estimate of drug-likeness (QED) is 0.803. The predicted molar refractivity (Wildman–Crippen MR) is 72.0 cm³/mol. The number of hydrogen-bond acceptors (Lipinski definition) is 3. The monoisotopic (exact) mass is 267 g/mol. The summed E-state index contributed by atoms with van der Waals surface area (Å²) in [6.07, 6.45) is 1.96. The van der Waals surface area contributed by atoms with Crippen LogP contribution in [0.15, 0.2) is 29.2 Å². The standard InChI is InChI=1S/C13H17NO3S/c1-13(2,12(16)17)8-14-11(15)9-4-6-10(18-3)7-5-9/h4-7H,8H2,1-3H3,(H,14,15)(H,16,17). The molecule has 0 fully saturated rings. The van der Waals surface area contributed by atoms with Crippen LogP contribution in [0.3, 0.4) is 0 Å². The van der Waals surface area contributed by atoms with Crippen LogP contribution in [0.2, 0.25) is 0 Å². The molecule has 98 valence electrons. The van der Waals surface area contributed by atoms with Crippen LogP contribution in [0.5, 0.6) is 0 Å². The lowest BCUT2D eigenvalue weighted by Crippen LogP contribution is -2.38. The molecule has 1 aromatic rings. The minimum absolute atomic E-state index is 0.103. The lowest BCUT2D eigenvalue weighted by Gasteiger charge is -2.19. The summed E-state index contributed by atoms with van der Waals surface area (Å²) < 4.78 is 0. The highest BCUT2D eigenvalue weighted by Crippen LogP contribution is 2.16. The van der Waals surface area contributed by atoms with Crippen LogP contribution < -0.4 is 5.32 Å². The normalized spacial score (nSPS) is 11.1. The first-order valence-electron chi connectivity index (χ1n) is 5.52. The fourth-order valence-corrected chi connectivity index (χ4v) is 1.63. The fraction of sp³-hybridized carbons (Fsp3) is 0.385. The van der Waals surface area contributed by atoms with Gasteiger partial charge in [-0.15, -0.1) is 11.8 Å². The molecule has 0 bridgehead atoms. The summed E-state index contributed by atoms with van der Waals surface area (Å²) in [5, 5.41) is 11.6. The molecule has 1 aromatic carbocycles. The molecular formula is C13H17NO3S. The Hall–Kier alpha value is -1.49. The SMILES string of the molecule is CSc1ccc(C(=O)NCC(C)(C)C(=O)O)cc1. The van der Waals surface area contributed by atoms with Crippen molar-refractivity contribution < 1.29 is 14.7 Å². The first kappa shape index (κ1) is 14.6. The van der Waals surface area contributed by atoms with Crippen LogP contribution in [-0.2, 0) is 4.79 Å². The Morgan fingerprint density at radius 1 is 1.28 bits per heavy atom. The molecule has 0 aliphatic carbocycles. The van der Waals surface area contributed by atoms with E-state index < -0.39 is 11.4 Å². The Labute approximate surface area is 111 Å². The summed E-state index contributed by atoms with van der Waals surface area (Å²) in [5.74, 6) is -1.18. The maximum Gasteiger partial charge on any atom is 0.310 e. The number of thioether (sulfide) groups is 1. The van der Waals surface area contributed by atoms with E-state index in [0.717, 1.165) is 4.90 Å². The molecule has 0 atom stereocenters. The lowest BCUT2D eigenvalue weighted by atomic mass is 9.94. The molecule has 0 spiro atoms. The van der Waals surface area contributed by atoms with Crippen molar-refractivity contribution in [1.29, 1.82) is 0 Å². The van der Waals surface area contributed by atoms with Gasteiger partial charge in [-0.1, -0.05) is 0 Å². The Morgan fingerprint density at radius 2 is 1.83 bits per heavy atom. The molecular weight excluding hydrogens is 250 g/mol. The first-order valence-corrected chi connectivity index (χ1v) is 6.75. The van der Waals surface area contributed by atoms with Gasteiger partial charge in [0, 0.05) is 17.0 Å². The molecule has 0 aliphatic rings. The van der Waals surface area contributed by atoms with Crippen LogP contribution >= 0.6 is 11.8 Å². The van der Waals surface area contributed by atoms with Crippen LogP contribution in [-0.4, -0.2) is 29.8 Å². The summed E-state index contributed by atoms with van der Waals surface area (Å²) >= 11 is 1.60. The Bertz CT molecular complexity index is 440. The number of carbonyl (C=O) groups is 2. The van der Waals surface area contributed by atoms with Crippen molar-refractivity contribution in [2.24, 2.45) is 5.41 Å². The second kappa shape index (κ2) is 5.91. The van der Waals surface area contributed by atoms with Gasteiger partial charge in [-0.25, -0.2) is 0 Å². The van der Waals surface area contributed by atoms with Gasteiger partial charge >= 0.3 is 5.97 Å². The summed E-state index contributed by atoms with van der Waals surface area (Å²) in [7, 11) is 0. The number of amides is 1. The van der Waals surface area contributed by atoms with E-state index in [1.165, 1.54) is 0 Å². The van der Waals surface area contributed by atoms with Crippen molar-refractivity contribution in [3.8, 4) is 0 Å². The summed E-state index contributed by atoms with van der Waals surface area (Å²) in [6.45, 7) is 3.25. The fourth-order valence-electron chi connectivity index (χ4n) is 1.22. The summed E-state index contributed by atoms with van der Waals surface area (Å²) in [5.41, 5.74) is -0.427. The Balaban J connectivity index is 2.63. The Morgan fingerprint density at radius 3 is 2.28 bits per heavy atom. The highest BCUT2D eigenvalue weighted by molar-refractivity contribution is 7.98. The third kappa shape index (κ3) is 3.77. The average Bonchev–Trinajstić information content (AvgIpc) is 2.36. The zero-order valence-corrected chi connectivity index (χ0v) is 11.5. The second-order valence-electron chi connectivity index (χ2n) is 4.60. The first-order chi connectivity index (χ1) is 8.36. The third-order valence-electron chi connectivity index (χ3n) is 2.62. The highest BCUT2D eigenvalue weighted by atomic mass is 32.2. The highest BCUT2D eigenvalue weighted by Gasteiger charge is 2.27. The molecule has 1 rings (SSSR count). The zero-order valence-electron chi connectivity index (χ0n) is 10.7. The van der Waals surface area contributed by atoms with E-state index in [-0.39, 0.29) is 12.5 Å². The third-order valence-corrected chi connectivity index (χ3v) is 3.37. The van der Waals surface area contributed by atoms with Gasteiger partial charge in [0.25, 0.3) is 5.91 Å². The zero-order chi connectivity index (χ0) is 13.8. The lowest BCUT2D eigenvalue weighted by molar-refractivity contribution is -0.146. The summed E-state index contributed by atoms with van der Waals surface area (Å²) in [4.78, 5) is 23.8. The van der Waals surface area contributed by atoms with Gasteiger partial charge in [0.2, 0.25) is 0 Å². The maximum absolute atomic E-state index is 11.8. The van der Waals surface area contributed by atoms with Gasteiger partial charge in [0.05, 0.1) is 5.41 Å². The van der Waals surface area contributed by atoms with Crippen LogP contribution in [0.25, 0.3) is 0 Å². The number of benzene rings is 1. The Kier molecular flexibility index (Phi) is 4.78. The van der Waals surface area contributed by atoms with E-state index in [1.54, 1.807) is 37.7 Å². The minimum Gasteiger partial charge on any atom is -0.481 e. The predicted octanol–water partition coefficient (Wildman–Crippen LogP) is 2.25. The molecule has 5 heteroatoms. The average molecular weight is 267 g/mol. The number of hydrogen-bond donors (Lipinski definition) is 2. The van der Waals surface area contributed by atoms with Crippen molar-refractivity contribution >= 4 is 23.6 Å². The van der Waals surface area contributed by atoms with Crippen molar-refractivity contribution in [3.63, 3.8) is 0 Å². The van der Waals surface area contributed by atoms with E-state index in [9.17, 15) is 9.59 Å². The molecule has 0 radical (unpaired) electrons.